The summed E-state index contributed by atoms with van der Waals surface area (Å²) in [5, 5.41) is 0.752. The molecule has 0 aliphatic carbocycles. The van der Waals surface area contributed by atoms with Crippen LogP contribution in [0.2, 0.25) is 0 Å². The van der Waals surface area contributed by atoms with Gasteiger partial charge in [0.2, 0.25) is 5.88 Å². The Balaban J connectivity index is 2.21. The van der Waals surface area contributed by atoms with Crippen molar-refractivity contribution in [3.8, 4) is 5.88 Å². The highest BCUT2D eigenvalue weighted by molar-refractivity contribution is 7.99. The van der Waals surface area contributed by atoms with E-state index in [-0.39, 0.29) is 5.82 Å². The summed E-state index contributed by atoms with van der Waals surface area (Å²) in [5.41, 5.74) is 6.16. The van der Waals surface area contributed by atoms with Crippen molar-refractivity contribution in [2.75, 3.05) is 12.8 Å². The molecule has 2 aromatic rings. The van der Waals surface area contributed by atoms with Crippen LogP contribution in [0.15, 0.2) is 46.3 Å². The van der Waals surface area contributed by atoms with Crippen LogP contribution in [0.3, 0.4) is 0 Å². The number of benzene rings is 1. The van der Waals surface area contributed by atoms with Crippen LogP contribution in [0.5, 0.6) is 5.88 Å². The number of nitrogens with zero attached hydrogens (tertiary/aromatic N) is 1. The molecular weight excluding hydrogens is 239 g/mol. The van der Waals surface area contributed by atoms with E-state index in [0.717, 1.165) is 9.92 Å². The minimum atomic E-state index is -0.253. The van der Waals surface area contributed by atoms with Crippen LogP contribution in [0.25, 0.3) is 0 Å². The number of ether oxygens (including phenoxy) is 1. The van der Waals surface area contributed by atoms with Gasteiger partial charge in [0.1, 0.15) is 10.8 Å². The van der Waals surface area contributed by atoms with E-state index in [4.69, 9.17) is 10.5 Å². The van der Waals surface area contributed by atoms with Crippen molar-refractivity contribution in [3.05, 3.63) is 42.2 Å². The molecule has 0 aliphatic rings. The molecule has 0 spiro atoms. The lowest BCUT2D eigenvalue weighted by atomic mass is 10.4. The number of rotatable bonds is 3. The third kappa shape index (κ3) is 2.88. The lowest BCUT2D eigenvalue weighted by Gasteiger charge is -2.05. The van der Waals surface area contributed by atoms with Crippen molar-refractivity contribution < 1.29 is 9.13 Å². The first-order valence-corrected chi connectivity index (χ1v) is 5.74. The number of aromatic nitrogens is 1. The minimum absolute atomic E-state index is 0.253. The fraction of sp³-hybridized carbons (Fsp3) is 0.0833. The molecule has 0 bridgehead atoms. The highest BCUT2D eigenvalue weighted by Crippen LogP contribution is 2.29. The zero-order valence-electron chi connectivity index (χ0n) is 9.18. The molecule has 3 nitrogen and oxygen atoms in total. The Labute approximate surface area is 103 Å². The fourth-order valence-electron chi connectivity index (χ4n) is 1.28. The van der Waals surface area contributed by atoms with Gasteiger partial charge in [-0.25, -0.2) is 9.37 Å². The number of hydrogen-bond acceptors (Lipinski definition) is 4. The second-order valence-corrected chi connectivity index (χ2v) is 4.40. The van der Waals surface area contributed by atoms with Gasteiger partial charge in [0.25, 0.3) is 0 Å². The van der Waals surface area contributed by atoms with Crippen molar-refractivity contribution in [3.63, 3.8) is 0 Å². The molecule has 17 heavy (non-hydrogen) atoms. The largest absolute Gasteiger partial charge is 0.480 e. The van der Waals surface area contributed by atoms with Crippen LogP contribution in [0, 0.1) is 5.82 Å². The van der Waals surface area contributed by atoms with E-state index in [1.54, 1.807) is 24.3 Å². The van der Waals surface area contributed by atoms with Gasteiger partial charge in [0.05, 0.1) is 12.8 Å². The van der Waals surface area contributed by atoms with Gasteiger partial charge in [-0.1, -0.05) is 11.8 Å². The van der Waals surface area contributed by atoms with E-state index in [9.17, 15) is 4.39 Å². The molecule has 2 rings (SSSR count). The number of pyridine rings is 1. The first-order valence-electron chi connectivity index (χ1n) is 4.93. The molecule has 88 valence electrons. The molecule has 2 N–H and O–H groups in total. The van der Waals surface area contributed by atoms with Crippen molar-refractivity contribution in [2.24, 2.45) is 0 Å². The van der Waals surface area contributed by atoms with Gasteiger partial charge in [-0.15, -0.1) is 0 Å². The topological polar surface area (TPSA) is 48.1 Å². The second-order valence-electron chi connectivity index (χ2n) is 3.30. The van der Waals surface area contributed by atoms with Crippen LogP contribution in [0.1, 0.15) is 0 Å². The van der Waals surface area contributed by atoms with E-state index in [1.807, 2.05) is 0 Å². The summed E-state index contributed by atoms with van der Waals surface area (Å²) in [7, 11) is 1.52. The molecule has 1 aromatic heterocycles. The Morgan fingerprint density at radius 2 is 1.88 bits per heavy atom. The first-order chi connectivity index (χ1) is 8.19. The maximum atomic E-state index is 12.7. The van der Waals surface area contributed by atoms with Gasteiger partial charge in [-0.2, -0.15) is 0 Å². The summed E-state index contributed by atoms with van der Waals surface area (Å²) in [4.78, 5) is 5.14. The molecule has 0 radical (unpaired) electrons. The van der Waals surface area contributed by atoms with Gasteiger partial charge < -0.3 is 10.5 Å². The van der Waals surface area contributed by atoms with E-state index < -0.39 is 0 Å². The lowest BCUT2D eigenvalue weighted by Crippen LogP contribution is -1.95. The Bertz CT molecular complexity index is 516. The molecule has 0 fully saturated rings. The fourth-order valence-corrected chi connectivity index (χ4v) is 2.06. The second kappa shape index (κ2) is 5.05. The smallest absolute Gasteiger partial charge is 0.237 e. The van der Waals surface area contributed by atoms with Crippen LogP contribution in [0.4, 0.5) is 10.1 Å². The van der Waals surface area contributed by atoms with Crippen molar-refractivity contribution in [1.82, 2.24) is 4.98 Å². The normalized spacial score (nSPS) is 10.2. The lowest BCUT2D eigenvalue weighted by molar-refractivity contribution is 0.397. The summed E-state index contributed by atoms with van der Waals surface area (Å²) in [6, 6.07) is 9.76. The molecule has 0 aliphatic heterocycles. The van der Waals surface area contributed by atoms with E-state index in [2.05, 4.69) is 4.98 Å². The molecule has 1 heterocycles. The standard InChI is InChI=1S/C12H11FN2OS/c1-16-12-10(14)6-7-11(15-12)17-9-4-2-8(13)3-5-9/h2-7H,14H2,1H3. The Morgan fingerprint density at radius 3 is 2.53 bits per heavy atom. The van der Waals surface area contributed by atoms with Gasteiger partial charge in [0.15, 0.2) is 0 Å². The number of anilines is 1. The quantitative estimate of drug-likeness (QED) is 0.909. The number of nitrogen functional groups attached to an aromatic ring is 1. The predicted molar refractivity (Wildman–Crippen MR) is 65.7 cm³/mol. The maximum Gasteiger partial charge on any atom is 0.237 e. The Hall–Kier alpha value is -1.75. The summed E-state index contributed by atoms with van der Waals surface area (Å²) in [5.74, 6) is 0.148. The molecule has 0 amide bonds. The first kappa shape index (κ1) is 11.7. The average Bonchev–Trinajstić information content (AvgIpc) is 2.34. The molecule has 1 aromatic carbocycles. The third-order valence-corrected chi connectivity index (χ3v) is 3.04. The van der Waals surface area contributed by atoms with Gasteiger partial charge >= 0.3 is 0 Å². The minimum Gasteiger partial charge on any atom is -0.480 e. The summed E-state index contributed by atoms with van der Waals surface area (Å²) in [6.07, 6.45) is 0. The number of halogens is 1. The molecular formula is C12H11FN2OS. The van der Waals surface area contributed by atoms with Crippen LogP contribution < -0.4 is 10.5 Å². The average molecular weight is 250 g/mol. The monoisotopic (exact) mass is 250 g/mol. The molecule has 5 heteroatoms. The Kier molecular flexibility index (Phi) is 3.49. The van der Waals surface area contributed by atoms with Crippen molar-refractivity contribution >= 4 is 17.4 Å². The summed E-state index contributed by atoms with van der Waals surface area (Å²) < 4.78 is 17.8. The molecule has 0 atom stereocenters. The van der Waals surface area contributed by atoms with Crippen LogP contribution in [-0.2, 0) is 0 Å². The van der Waals surface area contributed by atoms with E-state index in [0.29, 0.717) is 11.6 Å². The molecule has 0 saturated heterocycles. The van der Waals surface area contributed by atoms with Crippen molar-refractivity contribution in [2.45, 2.75) is 9.92 Å². The third-order valence-electron chi connectivity index (χ3n) is 2.09. The maximum absolute atomic E-state index is 12.7. The highest BCUT2D eigenvalue weighted by Gasteiger charge is 2.04. The Morgan fingerprint density at radius 1 is 1.18 bits per heavy atom. The zero-order chi connectivity index (χ0) is 12.3. The summed E-state index contributed by atoms with van der Waals surface area (Å²) in [6.45, 7) is 0. The van der Waals surface area contributed by atoms with Gasteiger partial charge in [0, 0.05) is 4.90 Å². The number of hydrogen-bond donors (Lipinski definition) is 1. The molecule has 0 unspecified atom stereocenters. The highest BCUT2D eigenvalue weighted by atomic mass is 32.2. The van der Waals surface area contributed by atoms with E-state index in [1.165, 1.54) is 31.0 Å². The van der Waals surface area contributed by atoms with Crippen LogP contribution >= 0.6 is 11.8 Å². The number of methoxy groups -OCH3 is 1. The van der Waals surface area contributed by atoms with Crippen LogP contribution in [-0.4, -0.2) is 12.1 Å². The summed E-state index contributed by atoms with van der Waals surface area (Å²) >= 11 is 1.42. The SMILES string of the molecule is COc1nc(Sc2ccc(F)cc2)ccc1N. The van der Waals surface area contributed by atoms with E-state index >= 15 is 0 Å². The predicted octanol–water partition coefficient (Wildman–Crippen LogP) is 2.96. The molecule has 0 saturated carbocycles. The number of nitrogens with two attached hydrogens (primary N) is 1. The van der Waals surface area contributed by atoms with Gasteiger partial charge in [-0.3, -0.25) is 0 Å². The van der Waals surface area contributed by atoms with Gasteiger partial charge in [-0.05, 0) is 36.4 Å². The van der Waals surface area contributed by atoms with Crippen molar-refractivity contribution in [1.29, 1.82) is 0 Å². The zero-order valence-corrected chi connectivity index (χ0v) is 10.00.